The van der Waals surface area contributed by atoms with Gasteiger partial charge in [0.15, 0.2) is 11.6 Å². The number of rotatable bonds is 8. The number of carbonyl (C=O) groups is 2. The lowest BCUT2D eigenvalue weighted by Gasteiger charge is -2.31. The van der Waals surface area contributed by atoms with Crippen molar-refractivity contribution in [3.63, 3.8) is 0 Å². The fourth-order valence-electron chi connectivity index (χ4n) is 5.29. The highest BCUT2D eigenvalue weighted by Gasteiger charge is 2.58. The number of nitrogens with zero attached hydrogens (tertiary/aromatic N) is 3. The van der Waals surface area contributed by atoms with Crippen LogP contribution < -0.4 is 20.5 Å². The minimum Gasteiger partial charge on any atom is -0.494 e. The van der Waals surface area contributed by atoms with Crippen LogP contribution in [0.15, 0.2) is 36.5 Å². The molecule has 4 aromatic rings. The van der Waals surface area contributed by atoms with Gasteiger partial charge in [0.25, 0.3) is 5.91 Å². The summed E-state index contributed by atoms with van der Waals surface area (Å²) in [6, 6.07) is 5.31. The van der Waals surface area contributed by atoms with Crippen molar-refractivity contribution in [2.45, 2.75) is 43.0 Å². The summed E-state index contributed by atoms with van der Waals surface area (Å²) in [5, 5.41) is 17.9. The van der Waals surface area contributed by atoms with Gasteiger partial charge in [-0.25, -0.2) is 13.8 Å². The normalized spacial score (nSPS) is 19.0. The molecule has 2 aliphatic rings. The summed E-state index contributed by atoms with van der Waals surface area (Å²) in [5.74, 6) is -5.15. The average molecular weight is 666 g/mol. The Morgan fingerprint density at radius 3 is 2.59 bits per heavy atom. The molecule has 1 aliphatic carbocycles. The van der Waals surface area contributed by atoms with E-state index >= 15 is 4.39 Å². The number of halogens is 6. The lowest BCUT2D eigenvalue weighted by atomic mass is 9.81. The molecule has 0 spiro atoms. The Bertz CT molecular complexity index is 1930. The Labute approximate surface area is 262 Å². The molecule has 2 aromatic carbocycles. The molecule has 16 heteroatoms. The number of hydrogen-bond donors (Lipinski definition) is 3. The van der Waals surface area contributed by atoms with Crippen LogP contribution in [0.4, 0.5) is 22.0 Å². The van der Waals surface area contributed by atoms with Crippen LogP contribution in [0.1, 0.15) is 47.4 Å². The van der Waals surface area contributed by atoms with E-state index in [9.17, 15) is 32.3 Å². The van der Waals surface area contributed by atoms with Crippen LogP contribution in [0.25, 0.3) is 22.2 Å². The molecule has 0 radical (unpaired) electrons. The fourth-order valence-corrected chi connectivity index (χ4v) is 5.53. The smallest absolute Gasteiger partial charge is 0.424 e. The van der Waals surface area contributed by atoms with Crippen molar-refractivity contribution in [2.24, 2.45) is 5.73 Å². The first kappa shape index (κ1) is 31.5. The zero-order valence-corrected chi connectivity index (χ0v) is 24.9. The summed E-state index contributed by atoms with van der Waals surface area (Å²) in [5.41, 5.74) is -2.68. The van der Waals surface area contributed by atoms with E-state index in [4.69, 9.17) is 26.8 Å². The van der Waals surface area contributed by atoms with Crippen LogP contribution >= 0.6 is 11.6 Å². The number of methoxy groups -OCH3 is 1. The third-order valence-corrected chi connectivity index (χ3v) is 8.60. The van der Waals surface area contributed by atoms with Gasteiger partial charge >= 0.3 is 6.18 Å². The second kappa shape index (κ2) is 10.8. The zero-order chi connectivity index (χ0) is 33.3. The number of nitrogens with one attached hydrogen (secondary N) is 1. The molecule has 3 heterocycles. The number of pyridine rings is 1. The number of nitrogens with two attached hydrogens (primary N) is 1. The van der Waals surface area contributed by atoms with Crippen molar-refractivity contribution in [3.8, 4) is 22.8 Å². The van der Waals surface area contributed by atoms with E-state index < -0.39 is 75.8 Å². The molecule has 1 fully saturated rings. The summed E-state index contributed by atoms with van der Waals surface area (Å²) in [7, 11) is 1.35. The van der Waals surface area contributed by atoms with Crippen molar-refractivity contribution in [2.75, 3.05) is 20.3 Å². The number of aliphatic hydroxyl groups is 1. The molecule has 242 valence electrons. The van der Waals surface area contributed by atoms with E-state index in [1.165, 1.54) is 26.2 Å². The quantitative estimate of drug-likeness (QED) is 0.183. The molecule has 4 N–H and O–H groups in total. The maximum absolute atomic E-state index is 15.1. The molecule has 2 aromatic heterocycles. The summed E-state index contributed by atoms with van der Waals surface area (Å²) in [6.45, 7) is -0.690. The lowest BCUT2D eigenvalue weighted by Crippen LogP contribution is -2.51. The van der Waals surface area contributed by atoms with Crippen molar-refractivity contribution >= 4 is 34.3 Å². The lowest BCUT2D eigenvalue weighted by molar-refractivity contribution is -0.265. The number of amides is 2. The standard InChI is InChI=1S/C30H25ClF5N5O5/c1-28(27(37)43)12-46-25-16(28)9-20(39-24(25)21-17(31)5-6-18(32)22(21)33)29(44,30(34,35)36)11-38-26(42)13-7-14-10-41(15-3-4-15)40-23(14)19(8-13)45-2/h5-10,15,44H,3-4,11-12H2,1-2H3,(H2,37,43)(H,38,42)/t28-,29-/m0/s1. The van der Waals surface area contributed by atoms with Crippen molar-refractivity contribution < 1.29 is 46.1 Å². The number of carbonyl (C=O) groups excluding carboxylic acids is 2. The predicted molar refractivity (Wildman–Crippen MR) is 153 cm³/mol. The maximum Gasteiger partial charge on any atom is 0.424 e. The largest absolute Gasteiger partial charge is 0.494 e. The zero-order valence-electron chi connectivity index (χ0n) is 24.1. The highest BCUT2D eigenvalue weighted by Crippen LogP contribution is 2.49. The summed E-state index contributed by atoms with van der Waals surface area (Å²) < 4.78 is 86.3. The summed E-state index contributed by atoms with van der Waals surface area (Å²) in [6.07, 6.45) is -1.94. The molecule has 46 heavy (non-hydrogen) atoms. The van der Waals surface area contributed by atoms with E-state index in [1.54, 1.807) is 10.9 Å². The monoisotopic (exact) mass is 665 g/mol. The Hall–Kier alpha value is -4.50. The van der Waals surface area contributed by atoms with Crippen molar-refractivity contribution in [3.05, 3.63) is 70.0 Å². The van der Waals surface area contributed by atoms with Gasteiger partial charge in [-0.05, 0) is 50.1 Å². The average Bonchev–Trinajstić information content (AvgIpc) is 3.67. The number of benzene rings is 2. The molecule has 2 atom stereocenters. The highest BCUT2D eigenvalue weighted by atomic mass is 35.5. The van der Waals surface area contributed by atoms with Gasteiger partial charge in [-0.15, -0.1) is 0 Å². The van der Waals surface area contributed by atoms with Crippen molar-refractivity contribution in [1.29, 1.82) is 0 Å². The molecule has 0 bridgehead atoms. The second-order valence-corrected chi connectivity index (χ2v) is 11.8. The van der Waals surface area contributed by atoms with Crippen LogP contribution in [0.5, 0.6) is 11.5 Å². The van der Waals surface area contributed by atoms with Crippen LogP contribution in [0.2, 0.25) is 5.02 Å². The predicted octanol–water partition coefficient (Wildman–Crippen LogP) is 4.69. The first-order valence-electron chi connectivity index (χ1n) is 13.9. The van der Waals surface area contributed by atoms with Gasteiger partial charge in [-0.2, -0.15) is 18.3 Å². The van der Waals surface area contributed by atoms with Crippen LogP contribution in [0.3, 0.4) is 0 Å². The number of primary amides is 1. The third-order valence-electron chi connectivity index (χ3n) is 8.29. The Morgan fingerprint density at radius 2 is 1.96 bits per heavy atom. The van der Waals surface area contributed by atoms with Crippen LogP contribution in [-0.2, 0) is 15.8 Å². The van der Waals surface area contributed by atoms with E-state index in [1.807, 2.05) is 0 Å². The molecule has 6 rings (SSSR count). The Balaban J connectivity index is 1.44. The number of aromatic nitrogens is 3. The van der Waals surface area contributed by atoms with Crippen molar-refractivity contribution in [1.82, 2.24) is 20.1 Å². The second-order valence-electron chi connectivity index (χ2n) is 11.4. The molecule has 2 amide bonds. The van der Waals surface area contributed by atoms with Gasteiger partial charge in [0, 0.05) is 22.7 Å². The number of hydrogen-bond acceptors (Lipinski definition) is 7. The summed E-state index contributed by atoms with van der Waals surface area (Å²) in [4.78, 5) is 29.5. The maximum atomic E-state index is 15.1. The van der Waals surface area contributed by atoms with Gasteiger partial charge < -0.3 is 25.6 Å². The van der Waals surface area contributed by atoms with Crippen LogP contribution in [0, 0.1) is 11.6 Å². The van der Waals surface area contributed by atoms with Gasteiger partial charge in [0.05, 0.1) is 36.0 Å². The van der Waals surface area contributed by atoms with E-state index in [0.717, 1.165) is 25.0 Å². The van der Waals surface area contributed by atoms with E-state index in [2.05, 4.69) is 15.4 Å². The molecule has 1 aliphatic heterocycles. The fraction of sp³-hybridized carbons (Fsp3) is 0.333. The first-order valence-corrected chi connectivity index (χ1v) is 14.2. The van der Waals surface area contributed by atoms with Gasteiger partial charge in [-0.1, -0.05) is 11.6 Å². The SMILES string of the molecule is COc1cc(C(=O)NC[C@](O)(c2cc3c(c(-c4c(Cl)ccc(F)c4F)n2)OC[C@]3(C)C(N)=O)C(F)(F)F)cc2cn(C3CC3)nc12. The highest BCUT2D eigenvalue weighted by molar-refractivity contribution is 6.33. The third kappa shape index (κ3) is 4.97. The molecule has 0 unspecified atom stereocenters. The number of fused-ring (bicyclic) bond motifs is 2. The van der Waals surface area contributed by atoms with E-state index in [-0.39, 0.29) is 28.7 Å². The molecular weight excluding hydrogens is 641 g/mol. The molecular formula is C30H25ClF5N5O5. The molecule has 1 saturated carbocycles. The van der Waals surface area contributed by atoms with Gasteiger partial charge in [0.2, 0.25) is 11.5 Å². The number of ether oxygens (including phenoxy) is 2. The molecule has 10 nitrogen and oxygen atoms in total. The topological polar surface area (TPSA) is 142 Å². The Morgan fingerprint density at radius 1 is 1.24 bits per heavy atom. The van der Waals surface area contributed by atoms with Gasteiger partial charge in [0.1, 0.15) is 34.7 Å². The first-order chi connectivity index (χ1) is 21.6. The summed E-state index contributed by atoms with van der Waals surface area (Å²) >= 11 is 6.13. The number of alkyl halides is 3. The Kier molecular flexibility index (Phi) is 7.39. The minimum atomic E-state index is -5.50. The molecule has 0 saturated heterocycles. The minimum absolute atomic E-state index is 0.0878. The van der Waals surface area contributed by atoms with Gasteiger partial charge in [-0.3, -0.25) is 14.3 Å². The van der Waals surface area contributed by atoms with E-state index in [0.29, 0.717) is 17.0 Å². The van der Waals surface area contributed by atoms with Crippen LogP contribution in [-0.4, -0.2) is 58.1 Å².